The molecule has 1 aromatic carbocycles. The molecule has 0 aliphatic carbocycles. The number of carbonyl (C=O) groups is 2. The van der Waals surface area contributed by atoms with E-state index in [1.54, 1.807) is 6.20 Å². The lowest BCUT2D eigenvalue weighted by Gasteiger charge is -2.42. The van der Waals surface area contributed by atoms with Crippen molar-refractivity contribution in [1.82, 2.24) is 9.88 Å². The number of halogens is 3. The van der Waals surface area contributed by atoms with Crippen molar-refractivity contribution in [3.63, 3.8) is 0 Å². The maximum atomic E-state index is 13.1. The van der Waals surface area contributed by atoms with Gasteiger partial charge in [0.1, 0.15) is 0 Å². The van der Waals surface area contributed by atoms with E-state index in [0.29, 0.717) is 5.92 Å². The lowest BCUT2D eigenvalue weighted by Crippen LogP contribution is -2.49. The first-order valence-electron chi connectivity index (χ1n) is 11.3. The molecule has 1 unspecified atom stereocenters. The lowest BCUT2D eigenvalue weighted by atomic mass is 9.78. The fourth-order valence-corrected chi connectivity index (χ4v) is 4.66. The summed E-state index contributed by atoms with van der Waals surface area (Å²) < 4.78 is 43.5. The summed E-state index contributed by atoms with van der Waals surface area (Å²) in [6.07, 6.45) is 0.634. The van der Waals surface area contributed by atoms with E-state index < -0.39 is 12.1 Å². The number of carboxylic acids is 1. The van der Waals surface area contributed by atoms with E-state index in [1.807, 2.05) is 42.2 Å². The van der Waals surface area contributed by atoms with Crippen molar-refractivity contribution < 1.29 is 37.3 Å². The van der Waals surface area contributed by atoms with E-state index in [2.05, 4.69) is 4.98 Å². The average molecular weight is 482 g/mol. The predicted octanol–water partition coefficient (Wildman–Crippen LogP) is 4.31. The molecule has 186 valence electrons. The second kappa shape index (κ2) is 11.1. The number of likely N-dealkylation sites (tertiary alicyclic amines) is 1. The molecule has 7 nitrogen and oxygen atoms in total. The number of pyridine rings is 1. The maximum Gasteiger partial charge on any atom is 0.490 e. The molecule has 1 spiro atoms. The van der Waals surface area contributed by atoms with Crippen molar-refractivity contribution in [3.05, 3.63) is 42.1 Å². The summed E-state index contributed by atoms with van der Waals surface area (Å²) in [6, 6.07) is 9.68. The summed E-state index contributed by atoms with van der Waals surface area (Å²) in [5.74, 6) is -2.11. The lowest BCUT2D eigenvalue weighted by molar-refractivity contribution is -0.192. The van der Waals surface area contributed by atoms with Gasteiger partial charge in [0.2, 0.25) is 0 Å². The summed E-state index contributed by atoms with van der Waals surface area (Å²) in [7, 11) is 0. The summed E-state index contributed by atoms with van der Waals surface area (Å²) in [6.45, 7) is 5.94. The number of fused-ring (bicyclic) bond motifs is 1. The van der Waals surface area contributed by atoms with Crippen LogP contribution in [0.5, 0.6) is 0 Å². The van der Waals surface area contributed by atoms with Crippen molar-refractivity contribution in [2.24, 2.45) is 5.92 Å². The Morgan fingerprint density at radius 2 is 1.91 bits per heavy atom. The SMILES string of the molecule is CCOCCC1CCOC12CCN(C(=O)c1ccnc3ccccc13)CC2.O=C(O)C(F)(F)F. The number of aromatic nitrogens is 1. The number of ether oxygens (including phenoxy) is 2. The molecule has 10 heteroatoms. The van der Waals surface area contributed by atoms with E-state index in [1.165, 1.54) is 0 Å². The summed E-state index contributed by atoms with van der Waals surface area (Å²) >= 11 is 0. The number of para-hydroxylation sites is 1. The molecule has 4 rings (SSSR count). The minimum atomic E-state index is -5.08. The highest BCUT2D eigenvalue weighted by Crippen LogP contribution is 2.42. The number of carboxylic acid groups (broad SMARTS) is 1. The Morgan fingerprint density at radius 3 is 2.56 bits per heavy atom. The second-order valence-electron chi connectivity index (χ2n) is 8.36. The number of piperidine rings is 1. The van der Waals surface area contributed by atoms with E-state index >= 15 is 0 Å². The third-order valence-electron chi connectivity index (χ3n) is 6.43. The minimum absolute atomic E-state index is 0.0613. The van der Waals surface area contributed by atoms with Crippen LogP contribution >= 0.6 is 0 Å². The molecule has 2 aliphatic heterocycles. The van der Waals surface area contributed by atoms with Gasteiger partial charge >= 0.3 is 12.1 Å². The first-order chi connectivity index (χ1) is 16.2. The molecule has 0 saturated carbocycles. The zero-order chi connectivity index (χ0) is 24.8. The van der Waals surface area contributed by atoms with Gasteiger partial charge < -0.3 is 19.5 Å². The number of carbonyl (C=O) groups excluding carboxylic acids is 1. The van der Waals surface area contributed by atoms with Crippen molar-refractivity contribution >= 4 is 22.8 Å². The normalized spacial score (nSPS) is 19.6. The molecule has 2 fully saturated rings. The topological polar surface area (TPSA) is 89.0 Å². The molecule has 0 bridgehead atoms. The molecule has 2 saturated heterocycles. The third kappa shape index (κ3) is 6.04. The number of hydrogen-bond acceptors (Lipinski definition) is 5. The largest absolute Gasteiger partial charge is 0.490 e. The van der Waals surface area contributed by atoms with Crippen LogP contribution < -0.4 is 0 Å². The Labute approximate surface area is 195 Å². The molecule has 0 radical (unpaired) electrons. The average Bonchev–Trinajstić information content (AvgIpc) is 3.20. The van der Waals surface area contributed by atoms with Crippen LogP contribution in [0.15, 0.2) is 36.5 Å². The first-order valence-corrected chi connectivity index (χ1v) is 11.3. The Kier molecular flexibility index (Phi) is 8.48. The van der Waals surface area contributed by atoms with Gasteiger partial charge in [0.25, 0.3) is 5.91 Å². The number of benzene rings is 1. The van der Waals surface area contributed by atoms with Crippen LogP contribution in [0.2, 0.25) is 0 Å². The van der Waals surface area contributed by atoms with Crippen LogP contribution in [0, 0.1) is 5.92 Å². The van der Waals surface area contributed by atoms with Crippen LogP contribution in [0.25, 0.3) is 10.9 Å². The van der Waals surface area contributed by atoms with Gasteiger partial charge in [0.15, 0.2) is 0 Å². The second-order valence-corrected chi connectivity index (χ2v) is 8.36. The molecule has 2 aromatic rings. The van der Waals surface area contributed by atoms with Gasteiger partial charge in [-0.15, -0.1) is 0 Å². The highest BCUT2D eigenvalue weighted by molar-refractivity contribution is 6.06. The number of rotatable bonds is 5. The maximum absolute atomic E-state index is 13.1. The predicted molar refractivity (Wildman–Crippen MR) is 118 cm³/mol. The van der Waals surface area contributed by atoms with Crippen molar-refractivity contribution in [2.45, 2.75) is 44.4 Å². The molecule has 34 heavy (non-hydrogen) atoms. The van der Waals surface area contributed by atoms with Crippen LogP contribution in [0.1, 0.15) is 43.0 Å². The third-order valence-corrected chi connectivity index (χ3v) is 6.43. The number of hydrogen-bond donors (Lipinski definition) is 1. The number of nitrogens with zero attached hydrogens (tertiary/aromatic N) is 2. The zero-order valence-corrected chi connectivity index (χ0v) is 19.0. The zero-order valence-electron chi connectivity index (χ0n) is 19.0. The number of amides is 1. The van der Waals surface area contributed by atoms with Gasteiger partial charge in [0.05, 0.1) is 16.7 Å². The Bertz CT molecular complexity index is 985. The minimum Gasteiger partial charge on any atom is -0.475 e. The van der Waals surface area contributed by atoms with Crippen LogP contribution in [0.3, 0.4) is 0 Å². The molecule has 1 atom stereocenters. The molecule has 3 heterocycles. The first kappa shape index (κ1) is 25.9. The smallest absolute Gasteiger partial charge is 0.475 e. The van der Waals surface area contributed by atoms with Crippen LogP contribution in [-0.2, 0) is 14.3 Å². The summed E-state index contributed by atoms with van der Waals surface area (Å²) in [4.78, 5) is 28.4. The monoisotopic (exact) mass is 482 g/mol. The Hall–Kier alpha value is -2.72. The Balaban J connectivity index is 0.000000406. The van der Waals surface area contributed by atoms with Crippen LogP contribution in [-0.4, -0.2) is 71.6 Å². The molecule has 2 aliphatic rings. The fraction of sp³-hybridized carbons (Fsp3) is 0.542. The van der Waals surface area contributed by atoms with E-state index in [9.17, 15) is 18.0 Å². The highest BCUT2D eigenvalue weighted by Gasteiger charge is 2.46. The Morgan fingerprint density at radius 1 is 1.24 bits per heavy atom. The van der Waals surface area contributed by atoms with Crippen LogP contribution in [0.4, 0.5) is 13.2 Å². The molecule has 1 amide bonds. The molecular weight excluding hydrogens is 453 g/mol. The van der Waals surface area contributed by atoms with Gasteiger partial charge in [-0.1, -0.05) is 18.2 Å². The highest BCUT2D eigenvalue weighted by atomic mass is 19.4. The van der Waals surface area contributed by atoms with E-state index in [0.717, 1.165) is 75.1 Å². The molecular formula is C24H29F3N2O5. The van der Waals surface area contributed by atoms with Gasteiger partial charge in [-0.25, -0.2) is 4.79 Å². The van der Waals surface area contributed by atoms with Crippen molar-refractivity contribution in [2.75, 3.05) is 32.9 Å². The van der Waals surface area contributed by atoms with E-state index in [-0.39, 0.29) is 11.5 Å². The standard InChI is InChI=1S/C22H28N2O3.C2HF3O2/c1-2-26-15-8-17-9-16-27-22(17)10-13-24(14-11-22)21(25)19-7-12-23-20-6-4-3-5-18(19)20;3-2(4,5)1(6)7/h3-7,12,17H,2,8-11,13-16H2,1H3;(H,6,7). The van der Waals surface area contributed by atoms with Gasteiger partial charge in [-0.05, 0) is 50.7 Å². The number of alkyl halides is 3. The van der Waals surface area contributed by atoms with E-state index in [4.69, 9.17) is 19.4 Å². The van der Waals surface area contributed by atoms with Gasteiger partial charge in [-0.3, -0.25) is 9.78 Å². The quantitative estimate of drug-likeness (QED) is 0.639. The van der Waals surface area contributed by atoms with Gasteiger partial charge in [-0.2, -0.15) is 13.2 Å². The molecule has 1 N–H and O–H groups in total. The number of aliphatic carboxylic acids is 1. The fourth-order valence-electron chi connectivity index (χ4n) is 4.66. The van der Waals surface area contributed by atoms with Gasteiger partial charge in [0, 0.05) is 44.5 Å². The van der Waals surface area contributed by atoms with Crippen molar-refractivity contribution in [1.29, 1.82) is 0 Å². The molecule has 1 aromatic heterocycles. The summed E-state index contributed by atoms with van der Waals surface area (Å²) in [5.41, 5.74) is 1.55. The van der Waals surface area contributed by atoms with Crippen molar-refractivity contribution in [3.8, 4) is 0 Å². The summed E-state index contributed by atoms with van der Waals surface area (Å²) in [5, 5.41) is 8.05.